The maximum absolute atomic E-state index is 14.1. The van der Waals surface area contributed by atoms with E-state index in [2.05, 4.69) is 20.7 Å². The summed E-state index contributed by atoms with van der Waals surface area (Å²) in [4.78, 5) is 31.7. The number of nitrogens with one attached hydrogen (secondary N) is 1. The molecule has 6 rings (SSSR count). The molecule has 1 N–H and O–H groups in total. The molecule has 44 heavy (non-hydrogen) atoms. The van der Waals surface area contributed by atoms with Gasteiger partial charge in [-0.3, -0.25) is 9.59 Å². The van der Waals surface area contributed by atoms with Crippen molar-refractivity contribution in [2.45, 2.75) is 57.3 Å². The maximum atomic E-state index is 14.1. The molecule has 3 heterocycles. The van der Waals surface area contributed by atoms with Crippen LogP contribution in [-0.2, 0) is 22.7 Å². The van der Waals surface area contributed by atoms with E-state index in [1.54, 1.807) is 37.3 Å². The lowest BCUT2D eigenvalue weighted by atomic mass is 9.95. The van der Waals surface area contributed by atoms with Gasteiger partial charge in [0.05, 0.1) is 14.2 Å². The zero-order valence-corrected chi connectivity index (χ0v) is 25.4. The molecular weight excluding hydrogens is 584 g/mol. The molecule has 1 fully saturated rings. The van der Waals surface area contributed by atoms with E-state index >= 15 is 0 Å². The summed E-state index contributed by atoms with van der Waals surface area (Å²) >= 11 is 1.44. The summed E-state index contributed by atoms with van der Waals surface area (Å²) in [7, 11) is 3.11. The van der Waals surface area contributed by atoms with Gasteiger partial charge in [-0.25, -0.2) is 0 Å². The molecule has 13 heteroatoms. The van der Waals surface area contributed by atoms with Crippen LogP contribution in [-0.4, -0.2) is 64.0 Å². The predicted molar refractivity (Wildman–Crippen MR) is 162 cm³/mol. The molecule has 1 unspecified atom stereocenters. The van der Waals surface area contributed by atoms with Gasteiger partial charge in [-0.2, -0.15) is 4.80 Å². The molecule has 4 aromatic rings. The first-order valence-corrected chi connectivity index (χ1v) is 15.4. The lowest BCUT2D eigenvalue weighted by molar-refractivity contribution is -0.142. The summed E-state index contributed by atoms with van der Waals surface area (Å²) in [6.45, 7) is 0.0835. The largest absolute Gasteiger partial charge is 0.493 e. The average Bonchev–Trinajstić information content (AvgIpc) is 3.84. The van der Waals surface area contributed by atoms with Crippen molar-refractivity contribution in [2.24, 2.45) is 0 Å². The Morgan fingerprint density at radius 2 is 1.86 bits per heavy atom. The number of nitrogens with zero attached hydrogens (tertiary/aromatic N) is 5. The van der Waals surface area contributed by atoms with Crippen LogP contribution in [0, 0.1) is 0 Å². The second-order valence-electron chi connectivity index (χ2n) is 10.7. The van der Waals surface area contributed by atoms with Gasteiger partial charge in [-0.05, 0) is 65.4 Å². The van der Waals surface area contributed by atoms with Crippen molar-refractivity contribution in [2.75, 3.05) is 21.0 Å². The topological polar surface area (TPSA) is 130 Å². The molecule has 1 aliphatic heterocycles. The Morgan fingerprint density at radius 1 is 1.05 bits per heavy atom. The van der Waals surface area contributed by atoms with Crippen molar-refractivity contribution in [3.8, 4) is 34.4 Å². The number of aromatic nitrogens is 4. The van der Waals surface area contributed by atoms with Crippen molar-refractivity contribution in [3.63, 3.8) is 0 Å². The van der Waals surface area contributed by atoms with Gasteiger partial charge in [0, 0.05) is 23.0 Å². The van der Waals surface area contributed by atoms with Crippen LogP contribution in [0.2, 0.25) is 0 Å². The van der Waals surface area contributed by atoms with E-state index in [4.69, 9.17) is 18.9 Å². The van der Waals surface area contributed by atoms with Gasteiger partial charge in [-0.15, -0.1) is 21.5 Å². The van der Waals surface area contributed by atoms with Crippen LogP contribution in [0.4, 0.5) is 0 Å². The molecular formula is C31H34N6O6S. The van der Waals surface area contributed by atoms with Crippen LogP contribution in [0.1, 0.15) is 48.6 Å². The summed E-state index contributed by atoms with van der Waals surface area (Å²) < 4.78 is 21.8. The molecule has 2 aromatic heterocycles. The molecule has 2 aromatic carbocycles. The highest BCUT2D eigenvalue weighted by Crippen LogP contribution is 2.35. The van der Waals surface area contributed by atoms with Crippen LogP contribution in [0.25, 0.3) is 11.4 Å². The number of benzene rings is 2. The van der Waals surface area contributed by atoms with E-state index in [9.17, 15) is 9.59 Å². The second kappa shape index (κ2) is 13.3. The SMILES string of the molecule is COc1ccc(-c2nnn(CC(=O)N(Cc3ccc4c(c3)OCO4)C(C(=O)NC3CCCCC3)c3cccs3)n2)cc1OC. The number of fused-ring (bicyclic) bond motifs is 1. The lowest BCUT2D eigenvalue weighted by Gasteiger charge is -2.32. The molecule has 2 aliphatic rings. The molecule has 2 amide bonds. The van der Waals surface area contributed by atoms with Crippen molar-refractivity contribution < 1.29 is 28.5 Å². The number of ether oxygens (including phenoxy) is 4. The normalized spacial score (nSPS) is 15.0. The Kier molecular flexibility index (Phi) is 8.91. The Labute approximate surface area is 258 Å². The first-order valence-electron chi connectivity index (χ1n) is 14.5. The monoisotopic (exact) mass is 618 g/mol. The lowest BCUT2D eigenvalue weighted by Crippen LogP contribution is -2.47. The van der Waals surface area contributed by atoms with Gasteiger partial charge in [0.15, 0.2) is 23.0 Å². The standard InChI is InChI=1S/C31H34N6O6S/c1-40-23-13-11-21(16-25(23)41-2)30-33-35-37(34-30)18-28(38)36(17-20-10-12-24-26(15-20)43-19-42-24)29(27-9-6-14-44-27)31(39)32-22-7-4-3-5-8-22/h6,9-16,22,29H,3-5,7-8,17-19H2,1-2H3,(H,32,39). The van der Waals surface area contributed by atoms with Gasteiger partial charge < -0.3 is 29.2 Å². The summed E-state index contributed by atoms with van der Waals surface area (Å²) in [6, 6.07) is 13.8. The van der Waals surface area contributed by atoms with E-state index in [1.807, 2.05) is 35.7 Å². The van der Waals surface area contributed by atoms with Gasteiger partial charge >= 0.3 is 0 Å². The summed E-state index contributed by atoms with van der Waals surface area (Å²) in [5.74, 6) is 2.13. The van der Waals surface area contributed by atoms with Crippen LogP contribution >= 0.6 is 11.3 Å². The molecule has 0 bridgehead atoms. The third kappa shape index (κ3) is 6.47. The second-order valence-corrected chi connectivity index (χ2v) is 11.7. The average molecular weight is 619 g/mol. The number of hydrogen-bond donors (Lipinski definition) is 1. The highest BCUT2D eigenvalue weighted by molar-refractivity contribution is 7.10. The minimum atomic E-state index is -0.844. The fourth-order valence-electron chi connectivity index (χ4n) is 5.57. The molecule has 0 radical (unpaired) electrons. The number of carbonyl (C=O) groups excluding carboxylic acids is 2. The zero-order chi connectivity index (χ0) is 30.5. The predicted octanol–water partition coefficient (Wildman–Crippen LogP) is 4.37. The summed E-state index contributed by atoms with van der Waals surface area (Å²) in [6.07, 6.45) is 5.19. The van der Waals surface area contributed by atoms with Crippen LogP contribution < -0.4 is 24.3 Å². The summed E-state index contributed by atoms with van der Waals surface area (Å²) in [5, 5.41) is 17.9. The number of thiophene rings is 1. The quantitative estimate of drug-likeness (QED) is 0.261. The van der Waals surface area contributed by atoms with Crippen molar-refractivity contribution in [3.05, 3.63) is 64.4 Å². The molecule has 0 saturated heterocycles. The molecule has 230 valence electrons. The van der Waals surface area contributed by atoms with E-state index in [0.717, 1.165) is 36.1 Å². The summed E-state index contributed by atoms with van der Waals surface area (Å²) in [5.41, 5.74) is 1.45. The van der Waals surface area contributed by atoms with Crippen molar-refractivity contribution >= 4 is 23.2 Å². The maximum Gasteiger partial charge on any atom is 0.248 e. The first kappa shape index (κ1) is 29.4. The molecule has 1 atom stereocenters. The Bertz CT molecular complexity index is 1600. The van der Waals surface area contributed by atoms with Gasteiger partial charge in [-0.1, -0.05) is 31.4 Å². The first-order chi connectivity index (χ1) is 21.5. The minimum Gasteiger partial charge on any atom is -0.493 e. The Morgan fingerprint density at radius 3 is 2.64 bits per heavy atom. The van der Waals surface area contributed by atoms with Gasteiger partial charge in [0.25, 0.3) is 0 Å². The van der Waals surface area contributed by atoms with Crippen LogP contribution in [0.15, 0.2) is 53.9 Å². The molecule has 12 nitrogen and oxygen atoms in total. The van der Waals surface area contributed by atoms with E-state index < -0.39 is 6.04 Å². The Balaban J connectivity index is 1.29. The van der Waals surface area contributed by atoms with Crippen LogP contribution in [0.3, 0.4) is 0 Å². The van der Waals surface area contributed by atoms with Gasteiger partial charge in [0.1, 0.15) is 12.6 Å². The smallest absolute Gasteiger partial charge is 0.248 e. The zero-order valence-electron chi connectivity index (χ0n) is 24.6. The molecule has 0 spiro atoms. The van der Waals surface area contributed by atoms with Crippen molar-refractivity contribution in [1.29, 1.82) is 0 Å². The highest BCUT2D eigenvalue weighted by atomic mass is 32.1. The number of amides is 2. The number of tetrazole rings is 1. The van der Waals surface area contributed by atoms with Crippen molar-refractivity contribution in [1.82, 2.24) is 30.4 Å². The van der Waals surface area contributed by atoms with Gasteiger partial charge in [0.2, 0.25) is 24.4 Å². The number of methoxy groups -OCH3 is 2. The number of rotatable bonds is 11. The van der Waals surface area contributed by atoms with E-state index in [-0.39, 0.29) is 37.7 Å². The molecule has 1 saturated carbocycles. The highest BCUT2D eigenvalue weighted by Gasteiger charge is 2.34. The molecule has 1 aliphatic carbocycles. The Hall–Kier alpha value is -4.65. The fraction of sp³-hybridized carbons (Fsp3) is 0.387. The van der Waals surface area contributed by atoms with Crippen LogP contribution in [0.5, 0.6) is 23.0 Å². The minimum absolute atomic E-state index is 0.0854. The third-order valence-electron chi connectivity index (χ3n) is 7.81. The third-order valence-corrected chi connectivity index (χ3v) is 8.73. The van der Waals surface area contributed by atoms with E-state index in [1.165, 1.54) is 22.6 Å². The van der Waals surface area contributed by atoms with E-state index in [0.29, 0.717) is 34.4 Å². The number of carbonyl (C=O) groups is 2. The fourth-order valence-corrected chi connectivity index (χ4v) is 6.41. The number of hydrogen-bond acceptors (Lipinski definition) is 10.